The van der Waals surface area contributed by atoms with Crippen molar-refractivity contribution in [3.63, 3.8) is 0 Å². The van der Waals surface area contributed by atoms with Gasteiger partial charge in [-0.05, 0) is 72.8 Å². The molecule has 6 aromatic rings. The first-order valence-electron chi connectivity index (χ1n) is 15.3. The fourth-order valence-electron chi connectivity index (χ4n) is 4.82. The lowest BCUT2D eigenvalue weighted by molar-refractivity contribution is 0.0677. The van der Waals surface area contributed by atoms with Crippen molar-refractivity contribution < 1.29 is 42.9 Å². The van der Waals surface area contributed by atoms with Gasteiger partial charge in [0.15, 0.2) is 23.0 Å². The number of rotatable bonds is 10. The van der Waals surface area contributed by atoms with E-state index in [1.54, 1.807) is 97.1 Å². The van der Waals surface area contributed by atoms with E-state index in [4.69, 9.17) is 18.9 Å². The van der Waals surface area contributed by atoms with Gasteiger partial charge in [-0.25, -0.2) is 19.2 Å². The van der Waals surface area contributed by atoms with Gasteiger partial charge >= 0.3 is 23.9 Å². The van der Waals surface area contributed by atoms with E-state index in [1.807, 2.05) is 0 Å². The van der Waals surface area contributed by atoms with Crippen LogP contribution in [0.4, 0.5) is 0 Å². The number of carbonyl (C=O) groups excluding carboxylic acids is 5. The zero-order valence-corrected chi connectivity index (χ0v) is 26.2. The van der Waals surface area contributed by atoms with Crippen molar-refractivity contribution >= 4 is 29.7 Å². The highest BCUT2D eigenvalue weighted by Crippen LogP contribution is 2.39. The van der Waals surface area contributed by atoms with Crippen LogP contribution in [0.25, 0.3) is 0 Å². The van der Waals surface area contributed by atoms with E-state index in [1.165, 1.54) is 60.7 Å². The summed E-state index contributed by atoms with van der Waals surface area (Å²) in [6.45, 7) is 0. The molecule has 0 amide bonds. The van der Waals surface area contributed by atoms with Crippen molar-refractivity contribution in [3.8, 4) is 23.0 Å². The lowest BCUT2D eigenvalue weighted by Crippen LogP contribution is -2.17. The van der Waals surface area contributed by atoms with Gasteiger partial charge in [-0.3, -0.25) is 4.79 Å². The number of ketones is 1. The molecule has 50 heavy (non-hydrogen) atoms. The van der Waals surface area contributed by atoms with Gasteiger partial charge in [0.2, 0.25) is 5.78 Å². The van der Waals surface area contributed by atoms with Crippen LogP contribution >= 0.6 is 0 Å². The first kappa shape index (κ1) is 32.8. The van der Waals surface area contributed by atoms with Crippen LogP contribution in [-0.2, 0) is 0 Å². The molecular weight excluding hydrogens is 636 g/mol. The van der Waals surface area contributed by atoms with Crippen LogP contribution in [0.1, 0.15) is 57.4 Å². The number of carbonyl (C=O) groups is 5. The predicted molar refractivity (Wildman–Crippen MR) is 182 cm³/mol. The average molecular weight is 663 g/mol. The molecule has 0 bridgehead atoms. The van der Waals surface area contributed by atoms with Crippen LogP contribution in [-0.4, -0.2) is 29.7 Å². The maximum atomic E-state index is 14.5. The molecule has 0 fully saturated rings. The van der Waals surface area contributed by atoms with E-state index in [0.717, 1.165) is 0 Å². The van der Waals surface area contributed by atoms with Gasteiger partial charge in [-0.15, -0.1) is 0 Å². The fraction of sp³-hybridized carbons (Fsp3) is 0. The number of hydrogen-bond acceptors (Lipinski definition) is 9. The second kappa shape index (κ2) is 15.2. The molecule has 0 saturated heterocycles. The second-order valence-electron chi connectivity index (χ2n) is 10.6. The zero-order chi connectivity index (χ0) is 34.9. The lowest BCUT2D eigenvalue weighted by atomic mass is 10.0. The molecular formula is C41H26O9. The average Bonchev–Trinajstić information content (AvgIpc) is 3.17. The standard InChI is InChI=1S/C41H26O9/c42-35(31-23-13-25-33(47-38(43)27-15-5-1-6-16-27)36(31)49-40(45)29-19-9-3-10-20-29)32-24-14-26-34(48-39(44)28-17-7-2-8-18-28)37(32)50-41(46)30-21-11-4-12-22-30/h1-26H. The Bertz CT molecular complexity index is 2020. The third-order valence-electron chi connectivity index (χ3n) is 7.28. The summed E-state index contributed by atoms with van der Waals surface area (Å²) < 4.78 is 22.8. The molecule has 9 nitrogen and oxygen atoms in total. The number of esters is 4. The minimum absolute atomic E-state index is 0.169. The third-order valence-corrected chi connectivity index (χ3v) is 7.28. The number of hydrogen-bond donors (Lipinski definition) is 0. The van der Waals surface area contributed by atoms with Crippen LogP contribution in [0.2, 0.25) is 0 Å². The van der Waals surface area contributed by atoms with Crippen LogP contribution in [0.5, 0.6) is 23.0 Å². The number of benzene rings is 6. The second-order valence-corrected chi connectivity index (χ2v) is 10.6. The normalized spacial score (nSPS) is 10.4. The molecule has 0 heterocycles. The Labute approximate surface area is 286 Å². The van der Waals surface area contributed by atoms with Crippen molar-refractivity contribution in [3.05, 3.63) is 191 Å². The molecule has 9 heteroatoms. The van der Waals surface area contributed by atoms with E-state index < -0.39 is 29.7 Å². The van der Waals surface area contributed by atoms with Gasteiger partial charge in [-0.1, -0.05) is 84.9 Å². The summed E-state index contributed by atoms with van der Waals surface area (Å²) in [5.74, 6) is -5.14. The molecule has 0 aliphatic rings. The Balaban J connectivity index is 1.44. The summed E-state index contributed by atoms with van der Waals surface area (Å²) in [5, 5.41) is 0. The van der Waals surface area contributed by atoms with Gasteiger partial charge in [0, 0.05) is 0 Å². The quantitative estimate of drug-likeness (QED) is 0.0822. The summed E-state index contributed by atoms with van der Waals surface area (Å²) in [7, 11) is 0. The highest BCUT2D eigenvalue weighted by atomic mass is 16.6. The summed E-state index contributed by atoms with van der Waals surface area (Å²) in [5.41, 5.74) is 0.345. The van der Waals surface area contributed by atoms with Crippen molar-refractivity contribution in [2.45, 2.75) is 0 Å². The fourth-order valence-corrected chi connectivity index (χ4v) is 4.82. The third kappa shape index (κ3) is 7.53. The Morgan fingerprint density at radius 3 is 0.880 bits per heavy atom. The van der Waals surface area contributed by atoms with Crippen LogP contribution in [0, 0.1) is 0 Å². The smallest absolute Gasteiger partial charge is 0.343 e. The molecule has 0 radical (unpaired) electrons. The monoisotopic (exact) mass is 662 g/mol. The molecule has 0 unspecified atom stereocenters. The molecule has 0 spiro atoms. The van der Waals surface area contributed by atoms with E-state index in [9.17, 15) is 24.0 Å². The van der Waals surface area contributed by atoms with Crippen molar-refractivity contribution in [2.24, 2.45) is 0 Å². The number of ether oxygens (including phenoxy) is 4. The van der Waals surface area contributed by atoms with Gasteiger partial charge < -0.3 is 18.9 Å². The van der Waals surface area contributed by atoms with Crippen molar-refractivity contribution in [1.29, 1.82) is 0 Å². The zero-order valence-electron chi connectivity index (χ0n) is 26.2. The van der Waals surface area contributed by atoms with Gasteiger partial charge in [0.05, 0.1) is 33.4 Å². The molecule has 6 rings (SSSR count). The molecule has 0 atom stereocenters. The minimum Gasteiger partial charge on any atom is -0.419 e. The largest absolute Gasteiger partial charge is 0.419 e. The van der Waals surface area contributed by atoms with E-state index >= 15 is 0 Å². The van der Waals surface area contributed by atoms with Gasteiger partial charge in [0.25, 0.3) is 0 Å². The number of para-hydroxylation sites is 2. The topological polar surface area (TPSA) is 122 Å². The lowest BCUT2D eigenvalue weighted by Gasteiger charge is -2.17. The maximum absolute atomic E-state index is 14.5. The van der Waals surface area contributed by atoms with Gasteiger partial charge in [0.1, 0.15) is 0 Å². The summed E-state index contributed by atoms with van der Waals surface area (Å²) in [4.78, 5) is 67.3. The van der Waals surface area contributed by atoms with Crippen molar-refractivity contribution in [1.82, 2.24) is 0 Å². The molecule has 244 valence electrons. The first-order chi connectivity index (χ1) is 24.4. The molecule has 0 aliphatic heterocycles. The summed E-state index contributed by atoms with van der Waals surface area (Å²) in [6, 6.07) is 40.7. The Morgan fingerprint density at radius 1 is 0.300 bits per heavy atom. The van der Waals surface area contributed by atoms with E-state index in [2.05, 4.69) is 0 Å². The SMILES string of the molecule is O=C(Oc1cccc(C(=O)c2cccc(OC(=O)c3ccccc3)c2OC(=O)c2ccccc2)c1OC(=O)c1ccccc1)c1ccccc1. The van der Waals surface area contributed by atoms with Crippen molar-refractivity contribution in [2.75, 3.05) is 0 Å². The van der Waals surface area contributed by atoms with Crippen LogP contribution in [0.15, 0.2) is 158 Å². The first-order valence-corrected chi connectivity index (χ1v) is 15.3. The van der Waals surface area contributed by atoms with E-state index in [-0.39, 0.29) is 56.4 Å². The predicted octanol–water partition coefficient (Wildman–Crippen LogP) is 7.79. The molecule has 6 aromatic carbocycles. The summed E-state index contributed by atoms with van der Waals surface area (Å²) >= 11 is 0. The highest BCUT2D eigenvalue weighted by Gasteiger charge is 2.29. The Kier molecular flexibility index (Phi) is 9.96. The van der Waals surface area contributed by atoms with Gasteiger partial charge in [-0.2, -0.15) is 0 Å². The molecule has 0 N–H and O–H groups in total. The van der Waals surface area contributed by atoms with Crippen LogP contribution < -0.4 is 18.9 Å². The Hall–Kier alpha value is -7.13. The molecule has 0 aromatic heterocycles. The highest BCUT2D eigenvalue weighted by molar-refractivity contribution is 6.14. The minimum atomic E-state index is -0.830. The van der Waals surface area contributed by atoms with E-state index in [0.29, 0.717) is 0 Å². The Morgan fingerprint density at radius 2 is 0.580 bits per heavy atom. The maximum Gasteiger partial charge on any atom is 0.343 e. The molecule has 0 aliphatic carbocycles. The molecule has 0 saturated carbocycles. The van der Waals surface area contributed by atoms with Crippen LogP contribution in [0.3, 0.4) is 0 Å². The summed E-state index contributed by atoms with van der Waals surface area (Å²) in [6.07, 6.45) is 0.